The minimum absolute atomic E-state index is 0.00778. The molecule has 82 valence electrons. The summed E-state index contributed by atoms with van der Waals surface area (Å²) in [5, 5.41) is 24.0. The molecule has 2 heterocycles. The maximum Gasteiger partial charge on any atom is 0.331 e. The zero-order valence-corrected chi connectivity index (χ0v) is 8.33. The topological polar surface area (TPSA) is 84.4 Å². The molecule has 1 N–H and O–H groups in total. The Labute approximate surface area is 86.1 Å². The van der Waals surface area contributed by atoms with Crippen molar-refractivity contribution < 1.29 is 10.0 Å². The number of rotatable bonds is 2. The lowest BCUT2D eigenvalue weighted by Crippen LogP contribution is -2.24. The molecule has 1 aromatic rings. The smallest absolute Gasteiger partial charge is 0.331 e. The number of aliphatic hydroxyl groups is 1. The molecule has 1 atom stereocenters. The van der Waals surface area contributed by atoms with Crippen molar-refractivity contribution in [1.82, 2.24) is 9.78 Å². The second kappa shape index (κ2) is 3.50. The Balaban J connectivity index is 2.34. The Bertz CT molecular complexity index is 389. The third kappa shape index (κ3) is 1.65. The Kier molecular flexibility index (Phi) is 2.31. The van der Waals surface area contributed by atoms with E-state index in [2.05, 4.69) is 5.10 Å². The SMILES string of the molecule is Cn1ncc([N+](=O)[O-])c1N1CCC(O)C1. The molecule has 0 aliphatic carbocycles. The molecular weight excluding hydrogens is 200 g/mol. The standard InChI is InChI=1S/C8H12N4O3/c1-10-8(7(4-9-10)12(14)15)11-3-2-6(13)5-11/h4,6,13H,2-3,5H2,1H3. The van der Waals surface area contributed by atoms with E-state index >= 15 is 0 Å². The minimum atomic E-state index is -0.451. The number of hydrogen-bond acceptors (Lipinski definition) is 5. The van der Waals surface area contributed by atoms with Gasteiger partial charge in [0.1, 0.15) is 6.20 Å². The summed E-state index contributed by atoms with van der Waals surface area (Å²) >= 11 is 0. The molecule has 0 aromatic carbocycles. The van der Waals surface area contributed by atoms with Gasteiger partial charge in [-0.1, -0.05) is 0 Å². The first kappa shape index (κ1) is 9.91. The Morgan fingerprint density at radius 2 is 2.47 bits per heavy atom. The Morgan fingerprint density at radius 1 is 1.73 bits per heavy atom. The summed E-state index contributed by atoms with van der Waals surface area (Å²) in [6, 6.07) is 0. The highest BCUT2D eigenvalue weighted by molar-refractivity contribution is 5.58. The van der Waals surface area contributed by atoms with Crippen LogP contribution in [0.2, 0.25) is 0 Å². The third-order valence-corrected chi connectivity index (χ3v) is 2.55. The van der Waals surface area contributed by atoms with Gasteiger partial charge >= 0.3 is 5.69 Å². The molecule has 1 fully saturated rings. The molecule has 1 aliphatic heterocycles. The molecule has 1 saturated heterocycles. The molecular formula is C8H12N4O3. The maximum atomic E-state index is 10.7. The molecule has 7 nitrogen and oxygen atoms in total. The average Bonchev–Trinajstić information content (AvgIpc) is 2.71. The van der Waals surface area contributed by atoms with E-state index < -0.39 is 11.0 Å². The lowest BCUT2D eigenvalue weighted by molar-refractivity contribution is -0.384. The number of nitrogens with zero attached hydrogens (tertiary/aromatic N) is 4. The molecule has 1 aliphatic rings. The van der Waals surface area contributed by atoms with Crippen LogP contribution < -0.4 is 4.90 Å². The molecule has 2 rings (SSSR count). The van der Waals surface area contributed by atoms with Gasteiger partial charge in [0.25, 0.3) is 0 Å². The molecule has 0 amide bonds. The van der Waals surface area contributed by atoms with E-state index in [1.807, 2.05) is 0 Å². The number of β-amino-alcohol motifs (C(OH)–C–C–N with tert-alkyl or cyclic N) is 1. The van der Waals surface area contributed by atoms with E-state index in [0.29, 0.717) is 25.3 Å². The lowest BCUT2D eigenvalue weighted by atomic mass is 10.3. The molecule has 1 unspecified atom stereocenters. The highest BCUT2D eigenvalue weighted by Crippen LogP contribution is 2.29. The van der Waals surface area contributed by atoms with Gasteiger partial charge in [-0.05, 0) is 6.42 Å². The van der Waals surface area contributed by atoms with Crippen molar-refractivity contribution in [3.63, 3.8) is 0 Å². The zero-order valence-electron chi connectivity index (χ0n) is 8.33. The summed E-state index contributed by atoms with van der Waals surface area (Å²) in [5.41, 5.74) is -0.00778. The molecule has 7 heteroatoms. The number of anilines is 1. The first-order valence-electron chi connectivity index (χ1n) is 4.69. The van der Waals surface area contributed by atoms with Crippen molar-refractivity contribution in [2.24, 2.45) is 7.05 Å². The van der Waals surface area contributed by atoms with E-state index in [9.17, 15) is 15.2 Å². The highest BCUT2D eigenvalue weighted by atomic mass is 16.6. The van der Waals surface area contributed by atoms with Gasteiger partial charge in [0.05, 0.1) is 11.0 Å². The minimum Gasteiger partial charge on any atom is -0.391 e. The van der Waals surface area contributed by atoms with E-state index in [1.165, 1.54) is 10.9 Å². The van der Waals surface area contributed by atoms with Crippen LogP contribution in [0.3, 0.4) is 0 Å². The average molecular weight is 212 g/mol. The fraction of sp³-hybridized carbons (Fsp3) is 0.625. The molecule has 15 heavy (non-hydrogen) atoms. The van der Waals surface area contributed by atoms with Gasteiger partial charge < -0.3 is 10.0 Å². The summed E-state index contributed by atoms with van der Waals surface area (Å²) in [6.07, 6.45) is 1.47. The van der Waals surface area contributed by atoms with Gasteiger partial charge in [0, 0.05) is 20.1 Å². The quantitative estimate of drug-likeness (QED) is 0.546. The number of hydrogen-bond donors (Lipinski definition) is 1. The Morgan fingerprint density at radius 3 is 3.00 bits per heavy atom. The fourth-order valence-electron chi connectivity index (χ4n) is 1.85. The van der Waals surface area contributed by atoms with Crippen LogP contribution in [0, 0.1) is 10.1 Å². The largest absolute Gasteiger partial charge is 0.391 e. The van der Waals surface area contributed by atoms with E-state index in [0.717, 1.165) is 0 Å². The van der Waals surface area contributed by atoms with Crippen molar-refractivity contribution in [3.05, 3.63) is 16.3 Å². The van der Waals surface area contributed by atoms with Gasteiger partial charge in [0.15, 0.2) is 0 Å². The fourth-order valence-corrected chi connectivity index (χ4v) is 1.85. The summed E-state index contributed by atoms with van der Waals surface area (Å²) in [6.45, 7) is 1.06. The predicted molar refractivity (Wildman–Crippen MR) is 52.7 cm³/mol. The third-order valence-electron chi connectivity index (χ3n) is 2.55. The van der Waals surface area contributed by atoms with Gasteiger partial charge in [-0.3, -0.25) is 10.1 Å². The zero-order chi connectivity index (χ0) is 11.0. The Hall–Kier alpha value is -1.63. The van der Waals surface area contributed by atoms with Crippen LogP contribution in [0.15, 0.2) is 6.20 Å². The second-order valence-electron chi connectivity index (χ2n) is 3.62. The van der Waals surface area contributed by atoms with Crippen LogP contribution in [0.4, 0.5) is 11.5 Å². The maximum absolute atomic E-state index is 10.7. The predicted octanol–water partition coefficient (Wildman–Crippen LogP) is -0.101. The van der Waals surface area contributed by atoms with Crippen molar-refractivity contribution in [2.75, 3.05) is 18.0 Å². The van der Waals surface area contributed by atoms with Crippen LogP contribution in [0.25, 0.3) is 0 Å². The molecule has 0 bridgehead atoms. The van der Waals surface area contributed by atoms with Crippen LogP contribution in [0.1, 0.15) is 6.42 Å². The van der Waals surface area contributed by atoms with Crippen LogP contribution in [0.5, 0.6) is 0 Å². The monoisotopic (exact) mass is 212 g/mol. The van der Waals surface area contributed by atoms with E-state index in [4.69, 9.17) is 0 Å². The number of aromatic nitrogens is 2. The summed E-state index contributed by atoms with van der Waals surface area (Å²) in [7, 11) is 1.66. The molecule has 1 aromatic heterocycles. The molecule has 0 saturated carbocycles. The number of aryl methyl sites for hydroxylation is 1. The highest BCUT2D eigenvalue weighted by Gasteiger charge is 2.29. The number of aliphatic hydroxyl groups excluding tert-OH is 1. The van der Waals surface area contributed by atoms with Crippen LogP contribution in [-0.2, 0) is 7.05 Å². The number of nitro groups is 1. The second-order valence-corrected chi connectivity index (χ2v) is 3.62. The van der Waals surface area contributed by atoms with E-state index in [1.54, 1.807) is 11.9 Å². The van der Waals surface area contributed by atoms with Gasteiger partial charge in [-0.2, -0.15) is 5.10 Å². The van der Waals surface area contributed by atoms with Crippen LogP contribution in [-0.4, -0.2) is 39.0 Å². The van der Waals surface area contributed by atoms with Crippen molar-refractivity contribution >= 4 is 11.5 Å². The first-order chi connectivity index (χ1) is 7.09. The summed E-state index contributed by atoms with van der Waals surface area (Å²) in [5.74, 6) is 0.469. The normalized spacial score (nSPS) is 20.9. The summed E-state index contributed by atoms with van der Waals surface area (Å²) in [4.78, 5) is 12.1. The van der Waals surface area contributed by atoms with Crippen LogP contribution >= 0.6 is 0 Å². The van der Waals surface area contributed by atoms with Gasteiger partial charge in [-0.15, -0.1) is 0 Å². The van der Waals surface area contributed by atoms with Gasteiger partial charge in [0.2, 0.25) is 5.82 Å². The first-order valence-corrected chi connectivity index (χ1v) is 4.69. The lowest BCUT2D eigenvalue weighted by Gasteiger charge is -2.16. The molecule has 0 radical (unpaired) electrons. The van der Waals surface area contributed by atoms with Crippen molar-refractivity contribution in [1.29, 1.82) is 0 Å². The summed E-state index contributed by atoms with van der Waals surface area (Å²) < 4.78 is 1.47. The van der Waals surface area contributed by atoms with Crippen molar-refractivity contribution in [3.8, 4) is 0 Å². The van der Waals surface area contributed by atoms with Gasteiger partial charge in [-0.25, -0.2) is 4.68 Å². The van der Waals surface area contributed by atoms with E-state index in [-0.39, 0.29) is 5.69 Å². The molecule has 0 spiro atoms. The van der Waals surface area contributed by atoms with Crippen molar-refractivity contribution in [2.45, 2.75) is 12.5 Å².